The number of nitrogens with one attached hydrogen (secondary N) is 1. The van der Waals surface area contributed by atoms with Crippen molar-refractivity contribution >= 4 is 22.2 Å². The molecule has 1 aromatic rings. The highest BCUT2D eigenvalue weighted by atomic mass is 32.1. The molecule has 21 heavy (non-hydrogen) atoms. The van der Waals surface area contributed by atoms with E-state index in [4.69, 9.17) is 5.73 Å². The van der Waals surface area contributed by atoms with Gasteiger partial charge >= 0.3 is 0 Å². The zero-order valence-corrected chi connectivity index (χ0v) is 14.0. The van der Waals surface area contributed by atoms with E-state index in [-0.39, 0.29) is 5.91 Å². The van der Waals surface area contributed by atoms with Crippen LogP contribution in [0.4, 0.5) is 5.00 Å². The van der Waals surface area contributed by atoms with Gasteiger partial charge in [-0.25, -0.2) is 0 Å². The lowest BCUT2D eigenvalue weighted by Gasteiger charge is -2.14. The maximum Gasteiger partial charge on any atom is 0.225 e. The van der Waals surface area contributed by atoms with Crippen LogP contribution in [0.5, 0.6) is 0 Å². The highest BCUT2D eigenvalue weighted by Crippen LogP contribution is 2.31. The van der Waals surface area contributed by atoms with Crippen molar-refractivity contribution in [1.29, 1.82) is 5.26 Å². The Morgan fingerprint density at radius 1 is 1.38 bits per heavy atom. The molecule has 1 heterocycles. The van der Waals surface area contributed by atoms with Crippen LogP contribution in [0, 0.1) is 31.1 Å². The summed E-state index contributed by atoms with van der Waals surface area (Å²) in [4.78, 5) is 13.1. The molecule has 0 aliphatic carbocycles. The molecule has 1 aromatic heterocycles. The smallest absolute Gasteiger partial charge is 0.225 e. The standard InChI is InChI=1S/C16H25N3OS/c1-4-5-13(8-9-17)6-7-15(20)19-16-14(10-18)11(2)12(3)21-16/h13H,4-9,17H2,1-3H3,(H,19,20). The lowest BCUT2D eigenvalue weighted by Crippen LogP contribution is -2.15. The molecule has 1 amide bonds. The number of nitrogens with two attached hydrogens (primary N) is 1. The molecule has 0 saturated carbocycles. The Morgan fingerprint density at radius 3 is 2.67 bits per heavy atom. The fourth-order valence-corrected chi connectivity index (χ4v) is 3.48. The van der Waals surface area contributed by atoms with Gasteiger partial charge in [-0.1, -0.05) is 19.8 Å². The molecule has 1 unspecified atom stereocenters. The normalized spacial score (nSPS) is 12.0. The van der Waals surface area contributed by atoms with Gasteiger partial charge in [-0.2, -0.15) is 5.26 Å². The van der Waals surface area contributed by atoms with Gasteiger partial charge in [-0.05, 0) is 44.7 Å². The van der Waals surface area contributed by atoms with E-state index in [1.807, 2.05) is 13.8 Å². The number of amides is 1. The molecule has 1 rings (SSSR count). The van der Waals surface area contributed by atoms with E-state index in [0.29, 0.717) is 29.4 Å². The van der Waals surface area contributed by atoms with Crippen LogP contribution >= 0.6 is 11.3 Å². The minimum Gasteiger partial charge on any atom is -0.330 e. The Hall–Kier alpha value is -1.38. The molecule has 4 nitrogen and oxygen atoms in total. The second kappa shape index (κ2) is 8.81. The average Bonchev–Trinajstić information content (AvgIpc) is 2.71. The van der Waals surface area contributed by atoms with Crippen molar-refractivity contribution in [3.8, 4) is 6.07 Å². The summed E-state index contributed by atoms with van der Waals surface area (Å²) in [6, 6.07) is 2.17. The fourth-order valence-electron chi connectivity index (χ4n) is 2.45. The Labute approximate surface area is 131 Å². The number of hydrogen-bond acceptors (Lipinski definition) is 4. The van der Waals surface area contributed by atoms with Crippen LogP contribution in [0.15, 0.2) is 0 Å². The van der Waals surface area contributed by atoms with Gasteiger partial charge < -0.3 is 11.1 Å². The van der Waals surface area contributed by atoms with E-state index < -0.39 is 0 Å². The average molecular weight is 307 g/mol. The van der Waals surface area contributed by atoms with Crippen molar-refractivity contribution in [2.45, 2.75) is 52.9 Å². The number of carbonyl (C=O) groups is 1. The molecule has 0 aromatic carbocycles. The number of nitrogens with zero attached hydrogens (tertiary/aromatic N) is 1. The number of thiophene rings is 1. The van der Waals surface area contributed by atoms with Crippen LogP contribution in [0.1, 0.15) is 55.0 Å². The molecular formula is C16H25N3OS. The Morgan fingerprint density at radius 2 is 2.10 bits per heavy atom. The molecule has 0 radical (unpaired) electrons. The molecule has 0 saturated heterocycles. The van der Waals surface area contributed by atoms with Crippen LogP contribution in [0.2, 0.25) is 0 Å². The van der Waals surface area contributed by atoms with Gasteiger partial charge in [0, 0.05) is 11.3 Å². The summed E-state index contributed by atoms with van der Waals surface area (Å²) >= 11 is 1.47. The molecule has 116 valence electrons. The summed E-state index contributed by atoms with van der Waals surface area (Å²) < 4.78 is 0. The summed E-state index contributed by atoms with van der Waals surface area (Å²) in [6.07, 6.45) is 4.56. The molecule has 0 bridgehead atoms. The fraction of sp³-hybridized carbons (Fsp3) is 0.625. The molecular weight excluding hydrogens is 282 g/mol. The van der Waals surface area contributed by atoms with Crippen molar-refractivity contribution < 1.29 is 4.79 Å². The molecule has 0 aliphatic heterocycles. The monoisotopic (exact) mass is 307 g/mol. The summed E-state index contributed by atoms with van der Waals surface area (Å²) in [5, 5.41) is 12.7. The summed E-state index contributed by atoms with van der Waals surface area (Å²) in [5.74, 6) is 0.513. The predicted octanol–water partition coefficient (Wildman–Crippen LogP) is 3.72. The number of nitriles is 1. The van der Waals surface area contributed by atoms with Gasteiger partial charge in [0.15, 0.2) is 0 Å². The first-order valence-electron chi connectivity index (χ1n) is 7.53. The SMILES string of the molecule is CCCC(CCN)CCC(=O)Nc1sc(C)c(C)c1C#N. The third-order valence-corrected chi connectivity index (χ3v) is 4.92. The van der Waals surface area contributed by atoms with Crippen LogP contribution in [0.3, 0.4) is 0 Å². The zero-order chi connectivity index (χ0) is 15.8. The van der Waals surface area contributed by atoms with Crippen LogP contribution in [0.25, 0.3) is 0 Å². The summed E-state index contributed by atoms with van der Waals surface area (Å²) in [7, 11) is 0. The predicted molar refractivity (Wildman–Crippen MR) is 88.4 cm³/mol. The second-order valence-corrected chi connectivity index (χ2v) is 6.64. The highest BCUT2D eigenvalue weighted by Gasteiger charge is 2.15. The largest absolute Gasteiger partial charge is 0.330 e. The third-order valence-electron chi connectivity index (χ3n) is 3.80. The topological polar surface area (TPSA) is 78.9 Å². The minimum absolute atomic E-state index is 0.00845. The Bertz CT molecular complexity index is 510. The summed E-state index contributed by atoms with van der Waals surface area (Å²) in [5.41, 5.74) is 7.17. The van der Waals surface area contributed by atoms with Crippen molar-refractivity contribution in [3.63, 3.8) is 0 Å². The Balaban J connectivity index is 2.58. The van der Waals surface area contributed by atoms with E-state index in [1.165, 1.54) is 11.3 Å². The Kier molecular flexibility index (Phi) is 7.41. The number of rotatable bonds is 8. The molecule has 0 fully saturated rings. The number of aryl methyl sites for hydroxylation is 1. The van der Waals surface area contributed by atoms with E-state index >= 15 is 0 Å². The quantitative estimate of drug-likeness (QED) is 0.768. The lowest BCUT2D eigenvalue weighted by molar-refractivity contribution is -0.116. The van der Waals surface area contributed by atoms with Gasteiger partial charge in [0.25, 0.3) is 0 Å². The number of hydrogen-bond donors (Lipinski definition) is 2. The van der Waals surface area contributed by atoms with Gasteiger partial charge in [-0.3, -0.25) is 4.79 Å². The zero-order valence-electron chi connectivity index (χ0n) is 13.2. The van der Waals surface area contributed by atoms with Gasteiger partial charge in [0.2, 0.25) is 5.91 Å². The van der Waals surface area contributed by atoms with Crippen LogP contribution in [-0.4, -0.2) is 12.5 Å². The van der Waals surface area contributed by atoms with Gasteiger partial charge in [0.05, 0.1) is 5.56 Å². The van der Waals surface area contributed by atoms with E-state index in [1.54, 1.807) is 0 Å². The first-order valence-corrected chi connectivity index (χ1v) is 8.35. The van der Waals surface area contributed by atoms with Crippen molar-refractivity contribution in [1.82, 2.24) is 0 Å². The third kappa shape index (κ3) is 5.14. The first kappa shape index (κ1) is 17.7. The molecule has 0 aliphatic rings. The maximum absolute atomic E-state index is 12.1. The van der Waals surface area contributed by atoms with Crippen molar-refractivity contribution in [3.05, 3.63) is 16.0 Å². The number of anilines is 1. The van der Waals surface area contributed by atoms with E-state index in [2.05, 4.69) is 18.3 Å². The maximum atomic E-state index is 12.1. The minimum atomic E-state index is -0.00845. The highest BCUT2D eigenvalue weighted by molar-refractivity contribution is 7.16. The van der Waals surface area contributed by atoms with Crippen LogP contribution in [-0.2, 0) is 4.79 Å². The van der Waals surface area contributed by atoms with Crippen molar-refractivity contribution in [2.75, 3.05) is 11.9 Å². The molecule has 0 spiro atoms. The van der Waals surface area contributed by atoms with Crippen LogP contribution < -0.4 is 11.1 Å². The lowest BCUT2D eigenvalue weighted by atomic mass is 9.94. The van der Waals surface area contributed by atoms with Gasteiger partial charge in [-0.15, -0.1) is 11.3 Å². The molecule has 3 N–H and O–H groups in total. The second-order valence-electron chi connectivity index (χ2n) is 5.42. The number of carbonyl (C=O) groups excluding carboxylic acids is 1. The first-order chi connectivity index (χ1) is 10.0. The van der Waals surface area contributed by atoms with E-state index in [9.17, 15) is 10.1 Å². The van der Waals surface area contributed by atoms with Crippen molar-refractivity contribution in [2.24, 2.45) is 11.7 Å². The molecule has 1 atom stereocenters. The van der Waals surface area contributed by atoms with Gasteiger partial charge in [0.1, 0.15) is 11.1 Å². The molecule has 5 heteroatoms. The van der Waals surface area contributed by atoms with E-state index in [0.717, 1.165) is 36.1 Å². The summed E-state index contributed by atoms with van der Waals surface area (Å²) in [6.45, 7) is 6.71.